The molecule has 0 amide bonds. The second-order valence-corrected chi connectivity index (χ2v) is 4.96. The molecule has 1 aromatic rings. The fourth-order valence-corrected chi connectivity index (χ4v) is 2.89. The lowest BCUT2D eigenvalue weighted by atomic mass is 9.92. The Kier molecular flexibility index (Phi) is 3.09. The number of aromatic nitrogens is 2. The number of carboxylic acid groups (broad SMARTS) is 1. The fraction of sp³-hybridized carbons (Fsp3) is 0.700. The SMILES string of the molecule is Cc1nsc(N2CCC(C(=O)O)CC2C)n1. The first-order valence-electron chi connectivity index (χ1n) is 5.37. The third-order valence-electron chi connectivity index (χ3n) is 2.99. The van der Waals surface area contributed by atoms with Crippen LogP contribution < -0.4 is 4.90 Å². The Morgan fingerprint density at radius 1 is 1.62 bits per heavy atom. The van der Waals surface area contributed by atoms with Gasteiger partial charge in [0, 0.05) is 24.1 Å². The summed E-state index contributed by atoms with van der Waals surface area (Å²) >= 11 is 1.39. The summed E-state index contributed by atoms with van der Waals surface area (Å²) in [6, 6.07) is 0.224. The molecule has 0 bridgehead atoms. The van der Waals surface area contributed by atoms with Crippen LogP contribution in [0.3, 0.4) is 0 Å². The number of aliphatic carboxylic acids is 1. The van der Waals surface area contributed by atoms with Gasteiger partial charge in [-0.15, -0.1) is 0 Å². The van der Waals surface area contributed by atoms with Crippen LogP contribution in [0.4, 0.5) is 5.13 Å². The lowest BCUT2D eigenvalue weighted by molar-refractivity contribution is -0.142. The fourth-order valence-electron chi connectivity index (χ4n) is 2.08. The molecule has 2 heterocycles. The summed E-state index contributed by atoms with van der Waals surface area (Å²) in [7, 11) is 0. The lowest BCUT2D eigenvalue weighted by Crippen LogP contribution is -2.42. The van der Waals surface area contributed by atoms with Crippen LogP contribution in [-0.4, -0.2) is 33.0 Å². The number of aryl methyl sites for hydroxylation is 1. The smallest absolute Gasteiger partial charge is 0.306 e. The zero-order chi connectivity index (χ0) is 11.7. The Balaban J connectivity index is 2.07. The monoisotopic (exact) mass is 241 g/mol. The van der Waals surface area contributed by atoms with Gasteiger partial charge in [-0.2, -0.15) is 4.37 Å². The molecule has 0 aromatic carbocycles. The van der Waals surface area contributed by atoms with Crippen molar-refractivity contribution in [1.82, 2.24) is 9.36 Å². The normalized spacial score (nSPS) is 25.8. The van der Waals surface area contributed by atoms with Gasteiger partial charge in [-0.3, -0.25) is 4.79 Å². The third-order valence-corrected chi connectivity index (χ3v) is 3.83. The Morgan fingerprint density at radius 2 is 2.38 bits per heavy atom. The highest BCUT2D eigenvalue weighted by Crippen LogP contribution is 2.29. The molecule has 1 aromatic heterocycles. The molecule has 1 aliphatic heterocycles. The van der Waals surface area contributed by atoms with Crippen molar-refractivity contribution < 1.29 is 9.90 Å². The first-order valence-corrected chi connectivity index (χ1v) is 6.15. The van der Waals surface area contributed by atoms with E-state index in [2.05, 4.69) is 14.3 Å². The Labute approximate surface area is 98.3 Å². The number of carboxylic acids is 1. The number of nitrogens with zero attached hydrogens (tertiary/aromatic N) is 3. The van der Waals surface area contributed by atoms with Gasteiger partial charge in [-0.05, 0) is 26.7 Å². The highest BCUT2D eigenvalue weighted by molar-refractivity contribution is 7.09. The van der Waals surface area contributed by atoms with Crippen LogP contribution >= 0.6 is 11.5 Å². The van der Waals surface area contributed by atoms with Gasteiger partial charge in [0.1, 0.15) is 5.82 Å². The minimum absolute atomic E-state index is 0.208. The summed E-state index contributed by atoms with van der Waals surface area (Å²) in [4.78, 5) is 17.4. The van der Waals surface area contributed by atoms with E-state index in [0.717, 1.165) is 17.5 Å². The zero-order valence-corrected chi connectivity index (χ0v) is 10.2. The van der Waals surface area contributed by atoms with E-state index in [0.29, 0.717) is 12.8 Å². The molecule has 0 aliphatic carbocycles. The van der Waals surface area contributed by atoms with E-state index in [1.165, 1.54) is 11.5 Å². The van der Waals surface area contributed by atoms with Gasteiger partial charge in [0.05, 0.1) is 5.92 Å². The number of rotatable bonds is 2. The predicted molar refractivity (Wildman–Crippen MR) is 61.8 cm³/mol. The zero-order valence-electron chi connectivity index (χ0n) is 9.38. The number of hydrogen-bond acceptors (Lipinski definition) is 5. The van der Waals surface area contributed by atoms with Crippen molar-refractivity contribution in [2.75, 3.05) is 11.4 Å². The molecule has 1 saturated heterocycles. The molecule has 5 nitrogen and oxygen atoms in total. The second-order valence-electron chi connectivity index (χ2n) is 4.23. The summed E-state index contributed by atoms with van der Waals surface area (Å²) < 4.78 is 4.15. The maximum absolute atomic E-state index is 10.9. The van der Waals surface area contributed by atoms with E-state index in [9.17, 15) is 4.79 Å². The van der Waals surface area contributed by atoms with E-state index in [1.54, 1.807) is 0 Å². The van der Waals surface area contributed by atoms with Crippen molar-refractivity contribution in [3.63, 3.8) is 0 Å². The topological polar surface area (TPSA) is 66.3 Å². The quantitative estimate of drug-likeness (QED) is 0.850. The van der Waals surface area contributed by atoms with Crippen molar-refractivity contribution in [2.45, 2.75) is 32.7 Å². The van der Waals surface area contributed by atoms with Gasteiger partial charge in [0.2, 0.25) is 5.13 Å². The summed E-state index contributed by atoms with van der Waals surface area (Å²) in [5, 5.41) is 9.88. The second kappa shape index (κ2) is 4.37. The Bertz CT molecular complexity index is 393. The highest BCUT2D eigenvalue weighted by atomic mass is 32.1. The standard InChI is InChI=1S/C10H15N3O2S/c1-6-5-8(9(14)15)3-4-13(6)10-11-7(2)12-16-10/h6,8H,3-5H2,1-2H3,(H,14,15). The first-order chi connectivity index (χ1) is 7.58. The minimum atomic E-state index is -0.681. The van der Waals surface area contributed by atoms with Crippen LogP contribution in [-0.2, 0) is 4.79 Å². The van der Waals surface area contributed by atoms with Gasteiger partial charge in [-0.25, -0.2) is 4.98 Å². The molecule has 2 unspecified atom stereocenters. The molecule has 1 aliphatic rings. The van der Waals surface area contributed by atoms with E-state index < -0.39 is 5.97 Å². The molecule has 2 rings (SSSR count). The van der Waals surface area contributed by atoms with Crippen LogP contribution in [0.5, 0.6) is 0 Å². The van der Waals surface area contributed by atoms with Gasteiger partial charge in [0.15, 0.2) is 0 Å². The summed E-state index contributed by atoms with van der Waals surface area (Å²) in [5.74, 6) is -0.104. The average Bonchev–Trinajstić information content (AvgIpc) is 2.64. The molecule has 2 atom stereocenters. The van der Waals surface area contributed by atoms with Crippen molar-refractivity contribution in [1.29, 1.82) is 0 Å². The lowest BCUT2D eigenvalue weighted by Gasteiger charge is -2.35. The van der Waals surface area contributed by atoms with E-state index in [-0.39, 0.29) is 12.0 Å². The van der Waals surface area contributed by atoms with Crippen LogP contribution in [0.25, 0.3) is 0 Å². The van der Waals surface area contributed by atoms with E-state index in [4.69, 9.17) is 5.11 Å². The van der Waals surface area contributed by atoms with Crippen molar-refractivity contribution in [3.05, 3.63) is 5.82 Å². The van der Waals surface area contributed by atoms with Crippen molar-refractivity contribution in [2.24, 2.45) is 5.92 Å². The first kappa shape index (κ1) is 11.3. The summed E-state index contributed by atoms with van der Waals surface area (Å²) in [5.41, 5.74) is 0. The molecule has 0 spiro atoms. The maximum Gasteiger partial charge on any atom is 0.306 e. The van der Waals surface area contributed by atoms with Gasteiger partial charge in [-0.1, -0.05) is 0 Å². The van der Waals surface area contributed by atoms with Crippen LogP contribution in [0.1, 0.15) is 25.6 Å². The summed E-state index contributed by atoms with van der Waals surface area (Å²) in [6.45, 7) is 4.67. The Hall–Kier alpha value is -1.17. The van der Waals surface area contributed by atoms with Crippen LogP contribution in [0.2, 0.25) is 0 Å². The largest absolute Gasteiger partial charge is 0.481 e. The number of carbonyl (C=O) groups is 1. The van der Waals surface area contributed by atoms with E-state index >= 15 is 0 Å². The molecular formula is C10H15N3O2S. The van der Waals surface area contributed by atoms with Gasteiger partial charge >= 0.3 is 5.97 Å². The molecular weight excluding hydrogens is 226 g/mol. The predicted octanol–water partition coefficient (Wildman–Crippen LogP) is 1.54. The number of hydrogen-bond donors (Lipinski definition) is 1. The molecule has 6 heteroatoms. The molecule has 1 fully saturated rings. The van der Waals surface area contributed by atoms with Crippen molar-refractivity contribution in [3.8, 4) is 0 Å². The third kappa shape index (κ3) is 2.16. The summed E-state index contributed by atoms with van der Waals surface area (Å²) in [6.07, 6.45) is 1.38. The average molecular weight is 241 g/mol. The molecule has 0 saturated carbocycles. The minimum Gasteiger partial charge on any atom is -0.481 e. The highest BCUT2D eigenvalue weighted by Gasteiger charge is 2.31. The number of anilines is 1. The van der Waals surface area contributed by atoms with Gasteiger partial charge in [0.25, 0.3) is 0 Å². The molecule has 16 heavy (non-hydrogen) atoms. The molecule has 88 valence electrons. The van der Waals surface area contributed by atoms with E-state index in [1.807, 2.05) is 13.8 Å². The van der Waals surface area contributed by atoms with Crippen LogP contribution in [0.15, 0.2) is 0 Å². The molecule has 1 N–H and O–H groups in total. The van der Waals surface area contributed by atoms with Gasteiger partial charge < -0.3 is 10.0 Å². The number of piperidine rings is 1. The molecule has 0 radical (unpaired) electrons. The van der Waals surface area contributed by atoms with Crippen LogP contribution in [0, 0.1) is 12.8 Å². The van der Waals surface area contributed by atoms with Crippen molar-refractivity contribution >= 4 is 22.6 Å². The Morgan fingerprint density at radius 3 is 2.88 bits per heavy atom. The maximum atomic E-state index is 10.9.